The van der Waals surface area contributed by atoms with Crippen molar-refractivity contribution in [2.75, 3.05) is 12.0 Å². The van der Waals surface area contributed by atoms with E-state index in [1.165, 1.54) is 22.9 Å². The minimum atomic E-state index is 0.0442. The summed E-state index contributed by atoms with van der Waals surface area (Å²) in [6.07, 6.45) is 6.34. The van der Waals surface area contributed by atoms with E-state index in [1.54, 1.807) is 7.11 Å². The van der Waals surface area contributed by atoms with Crippen molar-refractivity contribution < 1.29 is 9.53 Å². The molecule has 6 rings (SSSR count). The lowest BCUT2D eigenvalue weighted by Gasteiger charge is -2.22. The van der Waals surface area contributed by atoms with E-state index in [0.717, 1.165) is 66.6 Å². The number of amides is 1. The minimum Gasteiger partial charge on any atom is -0.496 e. The summed E-state index contributed by atoms with van der Waals surface area (Å²) in [5, 5.41) is 0.773. The predicted molar refractivity (Wildman–Crippen MR) is 148 cm³/mol. The van der Waals surface area contributed by atoms with E-state index in [0.29, 0.717) is 4.91 Å². The molecule has 0 unspecified atom stereocenters. The molecule has 2 fully saturated rings. The first-order chi connectivity index (χ1) is 17.7. The Bertz CT molecular complexity index is 1320. The SMILES string of the molecule is COc1cc(N2Cc3ccccc3C2)ccc1/C=C1\SC(=Nc2ccccc2)N(C2CCCC2)C1=O. The molecule has 3 aromatic rings. The second kappa shape index (κ2) is 9.86. The molecule has 1 saturated heterocycles. The Morgan fingerprint density at radius 1 is 0.944 bits per heavy atom. The standard InChI is InChI=1S/C30H29N3O2S/c1-35-27-18-26(32-19-22-9-5-6-10-23(22)20-32)16-15-21(27)17-28-29(34)33(25-13-7-8-14-25)30(36-28)31-24-11-3-2-4-12-24/h2-6,9-12,15-18,25H,7-8,13-14,19-20H2,1H3/b28-17-,31-30?. The maximum Gasteiger partial charge on any atom is 0.267 e. The zero-order valence-electron chi connectivity index (χ0n) is 20.4. The zero-order chi connectivity index (χ0) is 24.5. The number of aliphatic imine (C=N–C) groups is 1. The molecule has 36 heavy (non-hydrogen) atoms. The number of benzene rings is 3. The molecule has 3 aromatic carbocycles. The average Bonchev–Trinajstić information content (AvgIpc) is 3.65. The molecular formula is C30H29N3O2S. The molecule has 3 aliphatic rings. The molecule has 2 aliphatic heterocycles. The quantitative estimate of drug-likeness (QED) is 0.367. The third-order valence-corrected chi connectivity index (χ3v) is 8.20. The van der Waals surface area contributed by atoms with Crippen LogP contribution in [0.4, 0.5) is 11.4 Å². The van der Waals surface area contributed by atoms with Crippen LogP contribution in [0.2, 0.25) is 0 Å². The highest BCUT2D eigenvalue weighted by Crippen LogP contribution is 2.40. The van der Waals surface area contributed by atoms with Crippen molar-refractivity contribution in [1.82, 2.24) is 4.90 Å². The maximum absolute atomic E-state index is 13.6. The number of para-hydroxylation sites is 1. The number of carbonyl (C=O) groups excluding carboxylic acids is 1. The van der Waals surface area contributed by atoms with Gasteiger partial charge in [-0.05, 0) is 66.1 Å². The minimum absolute atomic E-state index is 0.0442. The number of methoxy groups -OCH3 is 1. The van der Waals surface area contributed by atoms with Crippen molar-refractivity contribution >= 4 is 40.3 Å². The summed E-state index contributed by atoms with van der Waals surface area (Å²) < 4.78 is 5.78. The van der Waals surface area contributed by atoms with E-state index in [2.05, 4.69) is 47.4 Å². The van der Waals surface area contributed by atoms with Crippen LogP contribution >= 0.6 is 11.8 Å². The summed E-state index contributed by atoms with van der Waals surface area (Å²) >= 11 is 1.47. The summed E-state index contributed by atoms with van der Waals surface area (Å²) in [6, 6.07) is 24.9. The van der Waals surface area contributed by atoms with Crippen molar-refractivity contribution in [3.05, 3.63) is 94.4 Å². The molecule has 1 saturated carbocycles. The van der Waals surface area contributed by atoms with Crippen molar-refractivity contribution in [1.29, 1.82) is 0 Å². The fraction of sp³-hybridized carbons (Fsp3) is 0.267. The van der Waals surface area contributed by atoms with Crippen LogP contribution in [0.5, 0.6) is 5.75 Å². The van der Waals surface area contributed by atoms with Gasteiger partial charge in [0.15, 0.2) is 5.17 Å². The van der Waals surface area contributed by atoms with E-state index in [1.807, 2.05) is 41.3 Å². The van der Waals surface area contributed by atoms with E-state index in [-0.39, 0.29) is 11.9 Å². The van der Waals surface area contributed by atoms with Gasteiger partial charge in [0.05, 0.1) is 17.7 Å². The van der Waals surface area contributed by atoms with Crippen LogP contribution in [-0.2, 0) is 17.9 Å². The molecule has 0 bridgehead atoms. The lowest BCUT2D eigenvalue weighted by atomic mass is 10.1. The highest BCUT2D eigenvalue weighted by Gasteiger charge is 2.39. The van der Waals surface area contributed by atoms with Crippen molar-refractivity contribution in [2.45, 2.75) is 44.8 Å². The zero-order valence-corrected chi connectivity index (χ0v) is 21.2. The van der Waals surface area contributed by atoms with Crippen molar-refractivity contribution in [3.63, 3.8) is 0 Å². The number of thioether (sulfide) groups is 1. The summed E-state index contributed by atoms with van der Waals surface area (Å²) in [5.74, 6) is 0.813. The third kappa shape index (κ3) is 4.42. The highest BCUT2D eigenvalue weighted by atomic mass is 32.2. The van der Waals surface area contributed by atoms with Gasteiger partial charge in [0.1, 0.15) is 5.75 Å². The number of rotatable bonds is 5. The van der Waals surface area contributed by atoms with Crippen molar-refractivity contribution in [3.8, 4) is 5.75 Å². The molecular weight excluding hydrogens is 466 g/mol. The van der Waals surface area contributed by atoms with Crippen molar-refractivity contribution in [2.24, 2.45) is 4.99 Å². The Labute approximate surface area is 216 Å². The van der Waals surface area contributed by atoms with Gasteiger partial charge in [0.2, 0.25) is 0 Å². The Morgan fingerprint density at radius 2 is 1.64 bits per heavy atom. The second-order valence-corrected chi connectivity index (χ2v) is 10.5. The Kier molecular flexibility index (Phi) is 6.28. The maximum atomic E-state index is 13.6. The first-order valence-corrected chi connectivity index (χ1v) is 13.4. The van der Waals surface area contributed by atoms with Crippen LogP contribution in [0.3, 0.4) is 0 Å². The van der Waals surface area contributed by atoms with Gasteiger partial charge in [-0.1, -0.05) is 55.3 Å². The van der Waals surface area contributed by atoms with Crippen LogP contribution in [0, 0.1) is 0 Å². The number of hydrogen-bond acceptors (Lipinski definition) is 5. The molecule has 0 spiro atoms. The van der Waals surface area contributed by atoms with Gasteiger partial charge < -0.3 is 9.64 Å². The van der Waals surface area contributed by atoms with Crippen LogP contribution in [-0.4, -0.2) is 29.1 Å². The summed E-state index contributed by atoms with van der Waals surface area (Å²) in [5.41, 5.74) is 5.63. The summed E-state index contributed by atoms with van der Waals surface area (Å²) in [7, 11) is 1.69. The van der Waals surface area contributed by atoms with E-state index in [9.17, 15) is 4.79 Å². The molecule has 0 N–H and O–H groups in total. The lowest BCUT2D eigenvalue weighted by molar-refractivity contribution is -0.123. The molecule has 2 heterocycles. The number of ether oxygens (including phenoxy) is 1. The largest absolute Gasteiger partial charge is 0.496 e. The topological polar surface area (TPSA) is 45.1 Å². The van der Waals surface area contributed by atoms with E-state index < -0.39 is 0 Å². The van der Waals surface area contributed by atoms with Crippen LogP contribution in [0.25, 0.3) is 6.08 Å². The van der Waals surface area contributed by atoms with Gasteiger partial charge in [-0.25, -0.2) is 4.99 Å². The third-order valence-electron chi connectivity index (χ3n) is 7.22. The first kappa shape index (κ1) is 22.9. The number of fused-ring (bicyclic) bond motifs is 1. The molecule has 0 aromatic heterocycles. The highest BCUT2D eigenvalue weighted by molar-refractivity contribution is 8.18. The van der Waals surface area contributed by atoms with E-state index >= 15 is 0 Å². The second-order valence-electron chi connectivity index (χ2n) is 9.51. The molecule has 1 amide bonds. The monoisotopic (exact) mass is 495 g/mol. The fourth-order valence-corrected chi connectivity index (χ4v) is 6.38. The van der Waals surface area contributed by atoms with E-state index in [4.69, 9.17) is 9.73 Å². The van der Waals surface area contributed by atoms with Gasteiger partial charge in [-0.2, -0.15) is 0 Å². The average molecular weight is 496 g/mol. The molecule has 0 radical (unpaired) electrons. The smallest absolute Gasteiger partial charge is 0.267 e. The molecule has 0 atom stereocenters. The Hall–Kier alpha value is -3.51. The van der Waals surface area contributed by atoms with Gasteiger partial charge in [-0.3, -0.25) is 9.69 Å². The Balaban J connectivity index is 1.30. The Morgan fingerprint density at radius 3 is 2.33 bits per heavy atom. The lowest BCUT2D eigenvalue weighted by Crippen LogP contribution is -2.37. The summed E-state index contributed by atoms with van der Waals surface area (Å²) in [4.78, 5) is 23.4. The molecule has 5 nitrogen and oxygen atoms in total. The number of carbonyl (C=O) groups is 1. The normalized spacial score (nSPS) is 20.1. The molecule has 1 aliphatic carbocycles. The van der Waals surface area contributed by atoms with Crippen LogP contribution in [0.1, 0.15) is 42.4 Å². The molecule has 6 heteroatoms. The van der Waals surface area contributed by atoms with Gasteiger partial charge in [-0.15, -0.1) is 0 Å². The van der Waals surface area contributed by atoms with Gasteiger partial charge in [0, 0.05) is 36.4 Å². The van der Waals surface area contributed by atoms with Gasteiger partial charge >= 0.3 is 0 Å². The number of nitrogens with zero attached hydrogens (tertiary/aromatic N) is 3. The number of amidine groups is 1. The molecule has 182 valence electrons. The fourth-order valence-electron chi connectivity index (χ4n) is 5.33. The number of anilines is 1. The van der Waals surface area contributed by atoms with Crippen LogP contribution < -0.4 is 9.64 Å². The van der Waals surface area contributed by atoms with Gasteiger partial charge in [0.25, 0.3) is 5.91 Å². The van der Waals surface area contributed by atoms with Crippen LogP contribution in [0.15, 0.2) is 82.7 Å². The summed E-state index contributed by atoms with van der Waals surface area (Å²) in [6.45, 7) is 1.79. The predicted octanol–water partition coefficient (Wildman–Crippen LogP) is 6.76. The number of hydrogen-bond donors (Lipinski definition) is 0. The first-order valence-electron chi connectivity index (χ1n) is 12.6.